The van der Waals surface area contributed by atoms with Gasteiger partial charge >= 0.3 is 11.9 Å². The van der Waals surface area contributed by atoms with Crippen LogP contribution in [0.1, 0.15) is 19.8 Å². The SMILES string of the molecule is CCCC(C(=O)O)C(=O)O.[Pt]. The second-order valence-electron chi connectivity index (χ2n) is 2.02. The van der Waals surface area contributed by atoms with Crippen molar-refractivity contribution in [1.82, 2.24) is 0 Å². The molecule has 0 amide bonds. The smallest absolute Gasteiger partial charge is 0.317 e. The molecule has 0 fully saturated rings. The second kappa shape index (κ2) is 6.35. The number of hydrogen-bond acceptors (Lipinski definition) is 2. The molecular weight excluding hydrogens is 331 g/mol. The fourth-order valence-electron chi connectivity index (χ4n) is 0.641. The Kier molecular flexibility index (Phi) is 7.63. The van der Waals surface area contributed by atoms with Crippen molar-refractivity contribution in [3.63, 3.8) is 0 Å². The van der Waals surface area contributed by atoms with Crippen molar-refractivity contribution in [1.29, 1.82) is 0 Å². The Bertz CT molecular complexity index is 132. The predicted octanol–water partition coefficient (Wildman–Crippen LogP) is 0.569. The monoisotopic (exact) mass is 341 g/mol. The zero-order valence-corrected chi connectivity index (χ0v) is 8.29. The third-order valence-electron chi connectivity index (χ3n) is 1.17. The minimum atomic E-state index is -1.26. The summed E-state index contributed by atoms with van der Waals surface area (Å²) in [5, 5.41) is 16.6. The molecule has 11 heavy (non-hydrogen) atoms. The molecule has 0 aromatic rings. The molecule has 5 heteroatoms. The normalized spacial score (nSPS) is 8.91. The van der Waals surface area contributed by atoms with E-state index < -0.39 is 17.9 Å². The first-order valence-corrected chi connectivity index (χ1v) is 3.05. The van der Waals surface area contributed by atoms with E-state index in [0.29, 0.717) is 6.42 Å². The Morgan fingerprint density at radius 1 is 1.27 bits per heavy atom. The van der Waals surface area contributed by atoms with Crippen molar-refractivity contribution < 1.29 is 40.9 Å². The van der Waals surface area contributed by atoms with E-state index in [1.54, 1.807) is 6.92 Å². The molecule has 0 atom stereocenters. The zero-order chi connectivity index (χ0) is 8.15. The van der Waals surface area contributed by atoms with Gasteiger partial charge in [-0.2, -0.15) is 0 Å². The van der Waals surface area contributed by atoms with Crippen LogP contribution in [0, 0.1) is 5.92 Å². The quantitative estimate of drug-likeness (QED) is 0.733. The van der Waals surface area contributed by atoms with Gasteiger partial charge in [-0.1, -0.05) is 13.3 Å². The van der Waals surface area contributed by atoms with E-state index in [4.69, 9.17) is 10.2 Å². The van der Waals surface area contributed by atoms with Gasteiger partial charge in [0.05, 0.1) is 0 Å². The van der Waals surface area contributed by atoms with Crippen LogP contribution in [0.3, 0.4) is 0 Å². The van der Waals surface area contributed by atoms with Gasteiger partial charge in [0.2, 0.25) is 0 Å². The number of aliphatic carboxylic acids is 2. The third kappa shape index (κ3) is 4.96. The van der Waals surface area contributed by atoms with E-state index in [1.165, 1.54) is 0 Å². The van der Waals surface area contributed by atoms with Crippen LogP contribution in [-0.4, -0.2) is 22.2 Å². The molecule has 0 aromatic heterocycles. The summed E-state index contributed by atoms with van der Waals surface area (Å²) in [7, 11) is 0. The predicted molar refractivity (Wildman–Crippen MR) is 33.7 cm³/mol. The molecule has 0 heterocycles. The molecule has 2 N–H and O–H groups in total. The van der Waals surface area contributed by atoms with E-state index in [9.17, 15) is 9.59 Å². The molecule has 4 nitrogen and oxygen atoms in total. The first-order valence-electron chi connectivity index (χ1n) is 3.05. The standard InChI is InChI=1S/C6H10O4.Pt/c1-2-3-4(5(7)8)6(9)10;/h4H,2-3H2,1H3,(H,7,8)(H,9,10);. The van der Waals surface area contributed by atoms with E-state index in [-0.39, 0.29) is 27.5 Å². The van der Waals surface area contributed by atoms with E-state index in [0.717, 1.165) is 0 Å². The molecule has 0 aliphatic rings. The number of carbonyl (C=O) groups is 2. The van der Waals surface area contributed by atoms with Crippen LogP contribution < -0.4 is 0 Å². The van der Waals surface area contributed by atoms with Gasteiger partial charge in [-0.25, -0.2) is 0 Å². The minimum absolute atomic E-state index is 0. The van der Waals surface area contributed by atoms with Crippen molar-refractivity contribution in [2.75, 3.05) is 0 Å². The summed E-state index contributed by atoms with van der Waals surface area (Å²) in [6.45, 7) is 1.75. The van der Waals surface area contributed by atoms with Crippen LogP contribution in [0.15, 0.2) is 0 Å². The third-order valence-corrected chi connectivity index (χ3v) is 1.17. The van der Waals surface area contributed by atoms with Gasteiger partial charge in [0.15, 0.2) is 5.92 Å². The van der Waals surface area contributed by atoms with Crippen LogP contribution in [-0.2, 0) is 30.7 Å². The molecule has 0 saturated heterocycles. The molecule has 0 aliphatic heterocycles. The summed E-state index contributed by atoms with van der Waals surface area (Å²) in [5.41, 5.74) is 0. The van der Waals surface area contributed by atoms with Gasteiger partial charge in [0, 0.05) is 21.1 Å². The summed E-state index contributed by atoms with van der Waals surface area (Å²) in [5.74, 6) is -3.74. The number of rotatable bonds is 4. The molecule has 0 aromatic carbocycles. The maximum atomic E-state index is 10.2. The average Bonchev–Trinajstić information content (AvgIpc) is 1.81. The molecule has 68 valence electrons. The van der Waals surface area contributed by atoms with Crippen molar-refractivity contribution in [2.45, 2.75) is 19.8 Å². The average molecular weight is 341 g/mol. The molecule has 0 spiro atoms. The van der Waals surface area contributed by atoms with Crippen LogP contribution in [0.4, 0.5) is 0 Å². The zero-order valence-electron chi connectivity index (χ0n) is 6.02. The maximum absolute atomic E-state index is 10.2. The Morgan fingerprint density at radius 3 is 1.73 bits per heavy atom. The van der Waals surface area contributed by atoms with Gasteiger partial charge in [0.25, 0.3) is 0 Å². The maximum Gasteiger partial charge on any atom is 0.317 e. The topological polar surface area (TPSA) is 74.6 Å². The molecule has 0 saturated carbocycles. The summed E-state index contributed by atoms with van der Waals surface area (Å²) in [6, 6.07) is 0. The molecule has 0 aliphatic carbocycles. The molecule has 0 radical (unpaired) electrons. The first kappa shape index (κ1) is 13.2. The van der Waals surface area contributed by atoms with Gasteiger partial charge in [-0.05, 0) is 6.42 Å². The van der Waals surface area contributed by atoms with Crippen molar-refractivity contribution in [3.8, 4) is 0 Å². The van der Waals surface area contributed by atoms with E-state index >= 15 is 0 Å². The van der Waals surface area contributed by atoms with Gasteiger partial charge in [-0.15, -0.1) is 0 Å². The number of carboxylic acid groups (broad SMARTS) is 2. The van der Waals surface area contributed by atoms with Crippen LogP contribution in [0.2, 0.25) is 0 Å². The fraction of sp³-hybridized carbons (Fsp3) is 0.667. The summed E-state index contributed by atoms with van der Waals surface area (Å²) < 4.78 is 0. The summed E-state index contributed by atoms with van der Waals surface area (Å²) in [6.07, 6.45) is 0.772. The van der Waals surface area contributed by atoms with Crippen LogP contribution >= 0.6 is 0 Å². The molecule has 0 unspecified atom stereocenters. The van der Waals surface area contributed by atoms with Crippen LogP contribution in [0.25, 0.3) is 0 Å². The van der Waals surface area contributed by atoms with Crippen molar-refractivity contribution >= 4 is 11.9 Å². The Morgan fingerprint density at radius 2 is 1.64 bits per heavy atom. The Hall–Kier alpha value is -0.372. The Balaban J connectivity index is 0. The number of hydrogen-bond donors (Lipinski definition) is 2. The fourth-order valence-corrected chi connectivity index (χ4v) is 0.641. The molecule has 0 rings (SSSR count). The van der Waals surface area contributed by atoms with Gasteiger partial charge in [0.1, 0.15) is 0 Å². The van der Waals surface area contributed by atoms with E-state index in [1.807, 2.05) is 0 Å². The second-order valence-corrected chi connectivity index (χ2v) is 2.02. The molecule has 0 bridgehead atoms. The van der Waals surface area contributed by atoms with Gasteiger partial charge in [-0.3, -0.25) is 9.59 Å². The summed E-state index contributed by atoms with van der Waals surface area (Å²) in [4.78, 5) is 20.3. The van der Waals surface area contributed by atoms with Crippen LogP contribution in [0.5, 0.6) is 0 Å². The summed E-state index contributed by atoms with van der Waals surface area (Å²) >= 11 is 0. The van der Waals surface area contributed by atoms with Gasteiger partial charge < -0.3 is 10.2 Å². The van der Waals surface area contributed by atoms with Crippen molar-refractivity contribution in [3.05, 3.63) is 0 Å². The largest absolute Gasteiger partial charge is 0.481 e. The minimum Gasteiger partial charge on any atom is -0.481 e. The Labute approximate surface area is 78.9 Å². The van der Waals surface area contributed by atoms with E-state index in [2.05, 4.69) is 0 Å². The van der Waals surface area contributed by atoms with Crippen molar-refractivity contribution in [2.24, 2.45) is 5.92 Å². The first-order chi connectivity index (χ1) is 4.59. The number of carboxylic acids is 2. The molecular formula is C6H10O4Pt.